The average Bonchev–Trinajstić information content (AvgIpc) is 2.67. The van der Waals surface area contributed by atoms with Crippen LogP contribution >= 0.6 is 0 Å². The number of hydrogen-bond acceptors (Lipinski definition) is 4. The largest absolute Gasteiger partial charge is 0.494 e. The zero-order valence-corrected chi connectivity index (χ0v) is 15.1. The molecule has 0 unspecified atom stereocenters. The molecule has 0 saturated heterocycles. The molecule has 6 heteroatoms. The molecule has 0 aliphatic carbocycles. The summed E-state index contributed by atoms with van der Waals surface area (Å²) in [6, 6.07) is 13.6. The van der Waals surface area contributed by atoms with E-state index >= 15 is 0 Å². The Labute approximate surface area is 157 Å². The van der Waals surface area contributed by atoms with E-state index in [1.807, 2.05) is 19.1 Å². The van der Waals surface area contributed by atoms with Crippen molar-refractivity contribution in [2.75, 3.05) is 19.8 Å². The number of carbonyl (C=O) groups is 2. The first-order valence-electron chi connectivity index (χ1n) is 8.66. The molecular weight excluding hydrogens is 349 g/mol. The normalized spacial score (nSPS) is 10.6. The Bertz CT molecular complexity index is 787. The molecule has 0 heterocycles. The van der Waals surface area contributed by atoms with Gasteiger partial charge in [-0.2, -0.15) is 0 Å². The van der Waals surface area contributed by atoms with Crippen molar-refractivity contribution in [1.29, 1.82) is 0 Å². The summed E-state index contributed by atoms with van der Waals surface area (Å²) in [5.41, 5.74) is 1.33. The lowest BCUT2D eigenvalue weighted by Crippen LogP contribution is -2.30. The molecule has 0 radical (unpaired) electrons. The Morgan fingerprint density at radius 1 is 1.11 bits per heavy atom. The molecule has 27 heavy (non-hydrogen) atoms. The molecule has 5 nitrogen and oxygen atoms in total. The maximum absolute atomic E-state index is 13.5. The van der Waals surface area contributed by atoms with Gasteiger partial charge in [0, 0.05) is 12.6 Å². The summed E-state index contributed by atoms with van der Waals surface area (Å²) < 4.78 is 23.7. The molecule has 2 aromatic rings. The molecule has 2 rings (SSSR count). The van der Waals surface area contributed by atoms with Gasteiger partial charge in [-0.15, -0.1) is 0 Å². The molecule has 1 amide bonds. The van der Waals surface area contributed by atoms with Crippen LogP contribution in [-0.4, -0.2) is 31.6 Å². The van der Waals surface area contributed by atoms with Crippen molar-refractivity contribution in [1.82, 2.24) is 5.32 Å². The molecule has 0 saturated carbocycles. The lowest BCUT2D eigenvalue weighted by molar-refractivity contribution is -0.143. The highest BCUT2D eigenvalue weighted by molar-refractivity contribution is 5.89. The van der Waals surface area contributed by atoms with Gasteiger partial charge in [0.2, 0.25) is 0 Å². The van der Waals surface area contributed by atoms with E-state index in [0.29, 0.717) is 18.6 Å². The third kappa shape index (κ3) is 7.32. The molecule has 0 spiro atoms. The summed E-state index contributed by atoms with van der Waals surface area (Å²) in [5.74, 6) is -0.607. The summed E-state index contributed by atoms with van der Waals surface area (Å²) >= 11 is 0. The molecule has 0 bridgehead atoms. The monoisotopic (exact) mass is 371 g/mol. The Kier molecular flexibility index (Phi) is 8.03. The van der Waals surface area contributed by atoms with Crippen molar-refractivity contribution >= 4 is 18.0 Å². The van der Waals surface area contributed by atoms with Crippen molar-refractivity contribution in [3.8, 4) is 5.75 Å². The van der Waals surface area contributed by atoms with Crippen LogP contribution in [0.15, 0.2) is 54.6 Å². The minimum atomic E-state index is -0.617. The second kappa shape index (κ2) is 10.8. The number of esters is 1. The molecule has 142 valence electrons. The van der Waals surface area contributed by atoms with Crippen LogP contribution in [0.4, 0.5) is 4.39 Å². The molecule has 0 aliphatic heterocycles. The first-order chi connectivity index (χ1) is 13.1. The first kappa shape index (κ1) is 20.2. The Morgan fingerprint density at radius 2 is 1.85 bits per heavy atom. The Balaban J connectivity index is 1.68. The number of amides is 1. The van der Waals surface area contributed by atoms with E-state index in [2.05, 4.69) is 5.32 Å². The molecule has 0 fully saturated rings. The van der Waals surface area contributed by atoms with Gasteiger partial charge in [0.05, 0.1) is 6.61 Å². The second-order valence-corrected chi connectivity index (χ2v) is 5.63. The van der Waals surface area contributed by atoms with Gasteiger partial charge in [0.15, 0.2) is 6.61 Å². The third-order valence-corrected chi connectivity index (χ3v) is 3.62. The van der Waals surface area contributed by atoms with E-state index in [9.17, 15) is 14.0 Å². The van der Waals surface area contributed by atoms with Crippen LogP contribution < -0.4 is 10.1 Å². The predicted molar refractivity (Wildman–Crippen MR) is 101 cm³/mol. The number of nitrogens with one attached hydrogen (secondary N) is 1. The quantitative estimate of drug-likeness (QED) is 0.543. The molecule has 0 atom stereocenters. The molecule has 0 aromatic heterocycles. The fourth-order valence-electron chi connectivity index (χ4n) is 2.28. The highest BCUT2D eigenvalue weighted by Gasteiger charge is 2.06. The summed E-state index contributed by atoms with van der Waals surface area (Å²) in [6.07, 6.45) is 3.21. The van der Waals surface area contributed by atoms with Gasteiger partial charge in [0.25, 0.3) is 5.91 Å². The lowest BCUT2D eigenvalue weighted by atomic mass is 10.1. The van der Waals surface area contributed by atoms with E-state index in [0.717, 1.165) is 11.3 Å². The van der Waals surface area contributed by atoms with Gasteiger partial charge in [-0.25, -0.2) is 9.18 Å². The van der Waals surface area contributed by atoms with Gasteiger partial charge in [0.1, 0.15) is 11.6 Å². The van der Waals surface area contributed by atoms with Crippen LogP contribution in [0.3, 0.4) is 0 Å². The zero-order valence-electron chi connectivity index (χ0n) is 15.1. The average molecular weight is 371 g/mol. The maximum Gasteiger partial charge on any atom is 0.331 e. The fraction of sp³-hybridized carbons (Fsp3) is 0.238. The number of hydrogen-bond donors (Lipinski definition) is 1. The first-order valence-corrected chi connectivity index (χ1v) is 8.66. The standard InChI is InChI=1S/C21H22FNO4/c1-2-26-18-10-7-16(8-11-18)9-12-21(25)27-15-20(24)23-14-13-17-5-3-4-6-19(17)22/h3-12H,2,13-15H2,1H3,(H,23,24)/b12-9+. The third-order valence-electron chi connectivity index (χ3n) is 3.62. The van der Waals surface area contributed by atoms with Gasteiger partial charge < -0.3 is 14.8 Å². The Hall–Kier alpha value is -3.15. The van der Waals surface area contributed by atoms with Crippen molar-refractivity contribution in [3.05, 3.63) is 71.6 Å². The number of carbonyl (C=O) groups excluding carboxylic acids is 2. The van der Waals surface area contributed by atoms with Crippen LogP contribution in [0.2, 0.25) is 0 Å². The SMILES string of the molecule is CCOc1ccc(/C=C/C(=O)OCC(=O)NCCc2ccccc2F)cc1. The van der Waals surface area contributed by atoms with Crippen LogP contribution in [0.25, 0.3) is 6.08 Å². The minimum Gasteiger partial charge on any atom is -0.494 e. The fourth-order valence-corrected chi connectivity index (χ4v) is 2.28. The van der Waals surface area contributed by atoms with Crippen LogP contribution in [-0.2, 0) is 20.7 Å². The Morgan fingerprint density at radius 3 is 2.56 bits per heavy atom. The van der Waals surface area contributed by atoms with Gasteiger partial charge in [-0.3, -0.25) is 4.79 Å². The van der Waals surface area contributed by atoms with E-state index < -0.39 is 11.9 Å². The zero-order chi connectivity index (χ0) is 19.5. The van der Waals surface area contributed by atoms with Gasteiger partial charge in [-0.05, 0) is 48.7 Å². The number of halogens is 1. The maximum atomic E-state index is 13.5. The number of benzene rings is 2. The molecule has 1 N–H and O–H groups in total. The van der Waals surface area contributed by atoms with Crippen LogP contribution in [0, 0.1) is 5.82 Å². The molecular formula is C21H22FNO4. The van der Waals surface area contributed by atoms with Crippen molar-refractivity contribution in [3.63, 3.8) is 0 Å². The van der Waals surface area contributed by atoms with Crippen LogP contribution in [0.1, 0.15) is 18.1 Å². The lowest BCUT2D eigenvalue weighted by Gasteiger charge is -2.06. The van der Waals surface area contributed by atoms with E-state index in [1.165, 1.54) is 12.1 Å². The number of rotatable bonds is 9. The molecule has 0 aliphatic rings. The van der Waals surface area contributed by atoms with Gasteiger partial charge >= 0.3 is 5.97 Å². The van der Waals surface area contributed by atoms with Crippen molar-refractivity contribution in [2.45, 2.75) is 13.3 Å². The van der Waals surface area contributed by atoms with E-state index in [4.69, 9.17) is 9.47 Å². The van der Waals surface area contributed by atoms with Gasteiger partial charge in [-0.1, -0.05) is 30.3 Å². The van der Waals surface area contributed by atoms with Crippen molar-refractivity contribution < 1.29 is 23.5 Å². The predicted octanol–water partition coefficient (Wildman–Crippen LogP) is 3.14. The summed E-state index contributed by atoms with van der Waals surface area (Å²) in [5, 5.41) is 2.58. The number of ether oxygens (including phenoxy) is 2. The molecule has 2 aromatic carbocycles. The summed E-state index contributed by atoms with van der Waals surface area (Å²) in [4.78, 5) is 23.3. The summed E-state index contributed by atoms with van der Waals surface area (Å²) in [7, 11) is 0. The highest BCUT2D eigenvalue weighted by atomic mass is 19.1. The highest BCUT2D eigenvalue weighted by Crippen LogP contribution is 2.13. The smallest absolute Gasteiger partial charge is 0.331 e. The van der Waals surface area contributed by atoms with Crippen LogP contribution in [0.5, 0.6) is 5.75 Å². The van der Waals surface area contributed by atoms with Crippen molar-refractivity contribution in [2.24, 2.45) is 0 Å². The second-order valence-electron chi connectivity index (χ2n) is 5.63. The van der Waals surface area contributed by atoms with E-state index in [1.54, 1.807) is 36.4 Å². The topological polar surface area (TPSA) is 64.6 Å². The summed E-state index contributed by atoms with van der Waals surface area (Å²) in [6.45, 7) is 2.37. The minimum absolute atomic E-state index is 0.263. The van der Waals surface area contributed by atoms with E-state index in [-0.39, 0.29) is 19.0 Å².